The normalized spacial score (nSPS) is 10.9. The van der Waals surface area contributed by atoms with Gasteiger partial charge in [-0.2, -0.15) is 0 Å². The van der Waals surface area contributed by atoms with E-state index in [-0.39, 0.29) is 12.2 Å². The van der Waals surface area contributed by atoms with Gasteiger partial charge in [0.25, 0.3) is 0 Å². The fraction of sp³-hybridized carbons (Fsp3) is 0.143. The largest absolute Gasteiger partial charge is 0.497 e. The van der Waals surface area contributed by atoms with Crippen molar-refractivity contribution in [1.82, 2.24) is 9.38 Å². The number of ether oxygens (including phenoxy) is 1. The molecule has 0 aliphatic carbocycles. The third kappa shape index (κ3) is 2.48. The second-order valence-electron chi connectivity index (χ2n) is 4.27. The summed E-state index contributed by atoms with van der Waals surface area (Å²) in [6.45, 7) is 0. The second kappa shape index (κ2) is 5.38. The van der Waals surface area contributed by atoms with Gasteiger partial charge in [0.2, 0.25) is 0 Å². The van der Waals surface area contributed by atoms with Crippen LogP contribution in [0.15, 0.2) is 40.4 Å². The van der Waals surface area contributed by atoms with Gasteiger partial charge in [0.1, 0.15) is 5.75 Å². The predicted molar refractivity (Wildman–Crippen MR) is 81.8 cm³/mol. The molecule has 0 amide bonds. The smallest absolute Gasteiger partial charge is 0.193 e. The number of carbonyl (C=O) groups is 1. The molecule has 0 saturated heterocycles. The Hall–Kier alpha value is -1.66. The van der Waals surface area contributed by atoms with Crippen molar-refractivity contribution >= 4 is 38.0 Å². The Labute approximate surface area is 128 Å². The van der Waals surface area contributed by atoms with Gasteiger partial charge in [-0.25, -0.2) is 4.98 Å². The number of thiazole rings is 1. The minimum atomic E-state index is 0.0153. The van der Waals surface area contributed by atoms with Gasteiger partial charge in [0.05, 0.1) is 19.2 Å². The minimum Gasteiger partial charge on any atom is -0.497 e. The average molecular weight is 351 g/mol. The summed E-state index contributed by atoms with van der Waals surface area (Å²) in [6.07, 6.45) is 4.10. The van der Waals surface area contributed by atoms with Gasteiger partial charge in [-0.05, 0) is 18.2 Å². The van der Waals surface area contributed by atoms with Crippen molar-refractivity contribution in [2.45, 2.75) is 6.42 Å². The molecular formula is C14H11BrN2O2S. The molecule has 6 heteroatoms. The van der Waals surface area contributed by atoms with Crippen LogP contribution in [-0.2, 0) is 6.42 Å². The zero-order valence-electron chi connectivity index (χ0n) is 10.7. The first-order valence-electron chi connectivity index (χ1n) is 5.95. The van der Waals surface area contributed by atoms with Gasteiger partial charge in [0, 0.05) is 27.8 Å². The highest BCUT2D eigenvalue weighted by molar-refractivity contribution is 9.10. The fourth-order valence-corrected chi connectivity index (χ4v) is 3.15. The lowest BCUT2D eigenvalue weighted by molar-refractivity contribution is 0.0991. The van der Waals surface area contributed by atoms with E-state index in [1.807, 2.05) is 34.3 Å². The molecule has 2 heterocycles. The Balaban J connectivity index is 1.87. The zero-order chi connectivity index (χ0) is 14.1. The van der Waals surface area contributed by atoms with Crippen LogP contribution in [-0.4, -0.2) is 22.3 Å². The summed E-state index contributed by atoms with van der Waals surface area (Å²) in [6, 6.07) is 5.37. The first-order valence-corrected chi connectivity index (χ1v) is 7.62. The SMILES string of the molecule is COc1ccc(Br)c(C(=O)Cc2cn3ccsc3n2)c1. The summed E-state index contributed by atoms with van der Waals surface area (Å²) in [4.78, 5) is 17.7. The quantitative estimate of drug-likeness (QED) is 0.675. The second-order valence-corrected chi connectivity index (χ2v) is 6.00. The van der Waals surface area contributed by atoms with Gasteiger partial charge in [-0.15, -0.1) is 11.3 Å². The maximum absolute atomic E-state index is 12.4. The van der Waals surface area contributed by atoms with Crippen LogP contribution < -0.4 is 4.74 Å². The Morgan fingerprint density at radius 1 is 1.50 bits per heavy atom. The third-order valence-electron chi connectivity index (χ3n) is 2.96. The number of methoxy groups -OCH3 is 1. The molecule has 0 spiro atoms. The summed E-state index contributed by atoms with van der Waals surface area (Å²) < 4.78 is 7.85. The molecule has 0 atom stereocenters. The molecule has 0 N–H and O–H groups in total. The van der Waals surface area contributed by atoms with Gasteiger partial charge < -0.3 is 4.74 Å². The summed E-state index contributed by atoms with van der Waals surface area (Å²) in [5.74, 6) is 0.684. The van der Waals surface area contributed by atoms with E-state index in [2.05, 4.69) is 20.9 Å². The number of hydrogen-bond acceptors (Lipinski definition) is 4. The van der Waals surface area contributed by atoms with Crippen molar-refractivity contribution < 1.29 is 9.53 Å². The van der Waals surface area contributed by atoms with Crippen molar-refractivity contribution in [3.63, 3.8) is 0 Å². The molecule has 3 aromatic rings. The summed E-state index contributed by atoms with van der Waals surface area (Å²) >= 11 is 4.95. The number of rotatable bonds is 4. The van der Waals surface area contributed by atoms with Crippen LogP contribution in [0.3, 0.4) is 0 Å². The number of nitrogens with zero attached hydrogens (tertiary/aromatic N) is 2. The number of carbonyl (C=O) groups excluding carboxylic acids is 1. The van der Waals surface area contributed by atoms with Gasteiger partial charge >= 0.3 is 0 Å². The van der Waals surface area contributed by atoms with E-state index < -0.39 is 0 Å². The average Bonchev–Trinajstić information content (AvgIpc) is 3.00. The van der Waals surface area contributed by atoms with E-state index in [0.29, 0.717) is 11.3 Å². The Morgan fingerprint density at radius 3 is 3.10 bits per heavy atom. The van der Waals surface area contributed by atoms with E-state index in [9.17, 15) is 4.79 Å². The van der Waals surface area contributed by atoms with Gasteiger partial charge in [-0.1, -0.05) is 15.9 Å². The molecule has 2 aromatic heterocycles. The minimum absolute atomic E-state index is 0.0153. The lowest BCUT2D eigenvalue weighted by atomic mass is 10.1. The van der Waals surface area contributed by atoms with E-state index in [1.54, 1.807) is 24.5 Å². The van der Waals surface area contributed by atoms with Crippen LogP contribution in [0.5, 0.6) is 5.75 Å². The Kier molecular flexibility index (Phi) is 3.58. The summed E-state index contributed by atoms with van der Waals surface area (Å²) in [5.41, 5.74) is 1.39. The number of halogens is 1. The topological polar surface area (TPSA) is 43.6 Å². The lowest BCUT2D eigenvalue weighted by Gasteiger charge is -2.05. The molecule has 0 fully saturated rings. The van der Waals surface area contributed by atoms with E-state index in [0.717, 1.165) is 15.1 Å². The molecule has 3 rings (SSSR count). The maximum Gasteiger partial charge on any atom is 0.193 e. The number of fused-ring (bicyclic) bond motifs is 1. The van der Waals surface area contributed by atoms with Crippen molar-refractivity contribution in [2.75, 3.05) is 7.11 Å². The van der Waals surface area contributed by atoms with Crippen LogP contribution in [0, 0.1) is 0 Å². The standard InChI is InChI=1S/C14H11BrN2O2S/c1-19-10-2-3-12(15)11(7-10)13(18)6-9-8-17-4-5-20-14(17)16-9/h2-5,7-8H,6H2,1H3. The fourth-order valence-electron chi connectivity index (χ4n) is 1.97. The number of ketones is 1. The predicted octanol–water partition coefficient (Wildman–Crippen LogP) is 3.59. The number of Topliss-reactive ketones (excluding diaryl/α,β-unsaturated/α-hetero) is 1. The van der Waals surface area contributed by atoms with Crippen molar-refractivity contribution in [1.29, 1.82) is 0 Å². The van der Waals surface area contributed by atoms with E-state index in [1.165, 1.54) is 0 Å². The Morgan fingerprint density at radius 2 is 2.35 bits per heavy atom. The summed E-state index contributed by atoms with van der Waals surface area (Å²) in [5, 5.41) is 1.96. The molecule has 0 aliphatic rings. The molecule has 0 aliphatic heterocycles. The molecule has 0 saturated carbocycles. The third-order valence-corrected chi connectivity index (χ3v) is 4.42. The monoisotopic (exact) mass is 350 g/mol. The van der Waals surface area contributed by atoms with E-state index in [4.69, 9.17) is 4.74 Å². The van der Waals surface area contributed by atoms with E-state index >= 15 is 0 Å². The van der Waals surface area contributed by atoms with Crippen LogP contribution >= 0.6 is 27.3 Å². The molecule has 4 nitrogen and oxygen atoms in total. The van der Waals surface area contributed by atoms with Crippen LogP contribution in [0.25, 0.3) is 4.96 Å². The molecule has 0 radical (unpaired) electrons. The highest BCUT2D eigenvalue weighted by Gasteiger charge is 2.14. The number of hydrogen-bond donors (Lipinski definition) is 0. The zero-order valence-corrected chi connectivity index (χ0v) is 13.1. The molecule has 20 heavy (non-hydrogen) atoms. The molecule has 0 unspecified atom stereocenters. The lowest BCUT2D eigenvalue weighted by Crippen LogP contribution is -2.05. The molecular weight excluding hydrogens is 340 g/mol. The first-order chi connectivity index (χ1) is 9.67. The molecule has 102 valence electrons. The highest BCUT2D eigenvalue weighted by atomic mass is 79.9. The number of aromatic nitrogens is 2. The van der Waals surface area contributed by atoms with Crippen molar-refractivity contribution in [3.05, 3.63) is 51.7 Å². The van der Waals surface area contributed by atoms with Gasteiger partial charge in [-0.3, -0.25) is 9.20 Å². The first kappa shape index (κ1) is 13.3. The molecule has 1 aromatic carbocycles. The van der Waals surface area contributed by atoms with Crippen molar-refractivity contribution in [2.24, 2.45) is 0 Å². The van der Waals surface area contributed by atoms with Gasteiger partial charge in [0.15, 0.2) is 10.7 Å². The number of benzene rings is 1. The van der Waals surface area contributed by atoms with Crippen LogP contribution in [0.2, 0.25) is 0 Å². The highest BCUT2D eigenvalue weighted by Crippen LogP contribution is 2.24. The van der Waals surface area contributed by atoms with Crippen molar-refractivity contribution in [3.8, 4) is 5.75 Å². The van der Waals surface area contributed by atoms with Crippen LogP contribution in [0.4, 0.5) is 0 Å². The Bertz CT molecular complexity index is 750. The van der Waals surface area contributed by atoms with Crippen LogP contribution in [0.1, 0.15) is 16.1 Å². The maximum atomic E-state index is 12.4. The number of imidazole rings is 1. The molecule has 0 bridgehead atoms. The summed E-state index contributed by atoms with van der Waals surface area (Å²) in [7, 11) is 1.58.